The van der Waals surface area contributed by atoms with E-state index in [-0.39, 0.29) is 17.9 Å². The molecule has 6 heteroatoms. The molecule has 0 aromatic heterocycles. The Balaban J connectivity index is 2.04. The Kier molecular flexibility index (Phi) is 3.84. The van der Waals surface area contributed by atoms with Gasteiger partial charge in [-0.05, 0) is 45.1 Å². The third kappa shape index (κ3) is 3.37. The van der Waals surface area contributed by atoms with Gasteiger partial charge < -0.3 is 10.2 Å². The molecule has 1 aliphatic heterocycles. The molecule has 2 atom stereocenters. The maximum Gasteiger partial charge on any atom is 0.406 e. The van der Waals surface area contributed by atoms with E-state index in [0.29, 0.717) is 13.0 Å². The number of halogens is 3. The van der Waals surface area contributed by atoms with Crippen LogP contribution >= 0.6 is 0 Å². The van der Waals surface area contributed by atoms with Crippen molar-refractivity contribution in [3.05, 3.63) is 0 Å². The maximum atomic E-state index is 12.6. The lowest BCUT2D eigenvalue weighted by molar-refractivity contribution is -0.167. The van der Waals surface area contributed by atoms with Gasteiger partial charge in [-0.25, -0.2) is 0 Å². The van der Waals surface area contributed by atoms with Crippen molar-refractivity contribution in [2.75, 3.05) is 13.1 Å². The first-order valence-electron chi connectivity index (χ1n) is 6.49. The molecular formula is C12H19F3N2O. The predicted octanol–water partition coefficient (Wildman–Crippen LogP) is 1.93. The number of nitrogens with zero attached hydrogens (tertiary/aromatic N) is 1. The summed E-state index contributed by atoms with van der Waals surface area (Å²) >= 11 is 0. The standard InChI is InChI=1S/C12H19F3N2O/c1-8(9-4-5-9)17(7-12(13,14)15)11(18)10-3-2-6-16-10/h8-10,16H,2-7H2,1H3/t8?,10-/m1/s1. The average Bonchev–Trinajstić information content (AvgIpc) is 2.98. The SMILES string of the molecule is CC(C1CC1)N(CC(F)(F)F)C(=O)[C@H]1CCCN1. The fraction of sp³-hybridized carbons (Fsp3) is 0.917. The second-order valence-electron chi connectivity index (χ2n) is 5.31. The van der Waals surface area contributed by atoms with Crippen molar-refractivity contribution in [2.45, 2.75) is 50.9 Å². The van der Waals surface area contributed by atoms with Crippen LogP contribution in [-0.2, 0) is 4.79 Å². The molecule has 0 spiro atoms. The summed E-state index contributed by atoms with van der Waals surface area (Å²) in [6.07, 6.45) is -0.960. The minimum absolute atomic E-state index is 0.248. The van der Waals surface area contributed by atoms with E-state index in [4.69, 9.17) is 0 Å². The number of rotatable bonds is 4. The molecule has 3 nitrogen and oxygen atoms in total. The minimum atomic E-state index is -4.32. The number of amides is 1. The molecule has 1 saturated carbocycles. The monoisotopic (exact) mass is 264 g/mol. The van der Waals surface area contributed by atoms with E-state index in [2.05, 4.69) is 5.32 Å². The summed E-state index contributed by atoms with van der Waals surface area (Å²) in [7, 11) is 0. The van der Waals surface area contributed by atoms with E-state index in [1.807, 2.05) is 0 Å². The van der Waals surface area contributed by atoms with E-state index in [9.17, 15) is 18.0 Å². The summed E-state index contributed by atoms with van der Waals surface area (Å²) in [5.74, 6) is -0.137. The van der Waals surface area contributed by atoms with Gasteiger partial charge in [0.1, 0.15) is 6.54 Å². The molecular weight excluding hydrogens is 245 g/mol. The molecule has 1 heterocycles. The Labute approximate surface area is 105 Å². The van der Waals surface area contributed by atoms with Crippen LogP contribution in [0.15, 0.2) is 0 Å². The summed E-state index contributed by atoms with van der Waals surface area (Å²) in [5, 5.41) is 2.98. The average molecular weight is 264 g/mol. The van der Waals surface area contributed by atoms with Crippen LogP contribution in [0, 0.1) is 5.92 Å². The molecule has 0 radical (unpaired) electrons. The molecule has 1 amide bonds. The molecule has 1 saturated heterocycles. The van der Waals surface area contributed by atoms with Crippen molar-refractivity contribution in [1.29, 1.82) is 0 Å². The quantitative estimate of drug-likeness (QED) is 0.841. The molecule has 1 unspecified atom stereocenters. The Morgan fingerprint density at radius 1 is 1.39 bits per heavy atom. The molecule has 0 aromatic rings. The number of carbonyl (C=O) groups excluding carboxylic acids is 1. The van der Waals surface area contributed by atoms with Crippen LogP contribution in [0.5, 0.6) is 0 Å². The molecule has 2 rings (SSSR count). The second-order valence-corrected chi connectivity index (χ2v) is 5.31. The number of nitrogens with one attached hydrogen (secondary N) is 1. The topological polar surface area (TPSA) is 32.3 Å². The van der Waals surface area contributed by atoms with Crippen LogP contribution in [-0.4, -0.2) is 42.2 Å². The van der Waals surface area contributed by atoms with Gasteiger partial charge in [-0.2, -0.15) is 13.2 Å². The largest absolute Gasteiger partial charge is 0.406 e. The molecule has 0 aromatic carbocycles. The summed E-state index contributed by atoms with van der Waals surface area (Å²) < 4.78 is 37.7. The second kappa shape index (κ2) is 5.07. The Morgan fingerprint density at radius 2 is 2.06 bits per heavy atom. The summed E-state index contributed by atoms with van der Waals surface area (Å²) in [4.78, 5) is 13.2. The van der Waals surface area contributed by atoms with Crippen LogP contribution in [0.2, 0.25) is 0 Å². The highest BCUT2D eigenvalue weighted by molar-refractivity contribution is 5.82. The summed E-state index contributed by atoms with van der Waals surface area (Å²) in [6, 6.07) is -0.727. The van der Waals surface area contributed by atoms with Gasteiger partial charge in [0.15, 0.2) is 0 Å². The zero-order chi connectivity index (χ0) is 13.3. The highest BCUT2D eigenvalue weighted by atomic mass is 19.4. The lowest BCUT2D eigenvalue weighted by atomic mass is 10.1. The van der Waals surface area contributed by atoms with Crippen molar-refractivity contribution < 1.29 is 18.0 Å². The summed E-state index contributed by atoms with van der Waals surface area (Å²) in [5.41, 5.74) is 0. The third-order valence-electron chi connectivity index (χ3n) is 3.79. The molecule has 0 bridgehead atoms. The Bertz CT molecular complexity index is 309. The van der Waals surface area contributed by atoms with Crippen LogP contribution in [0.1, 0.15) is 32.6 Å². The van der Waals surface area contributed by atoms with Crippen molar-refractivity contribution >= 4 is 5.91 Å². The van der Waals surface area contributed by atoms with Crippen LogP contribution < -0.4 is 5.32 Å². The van der Waals surface area contributed by atoms with Gasteiger partial charge in [-0.15, -0.1) is 0 Å². The lowest BCUT2D eigenvalue weighted by Crippen LogP contribution is -2.51. The molecule has 2 aliphatic rings. The smallest absolute Gasteiger partial charge is 0.329 e. The fourth-order valence-electron chi connectivity index (χ4n) is 2.54. The molecule has 104 valence electrons. The van der Waals surface area contributed by atoms with Gasteiger partial charge in [0.2, 0.25) is 5.91 Å². The summed E-state index contributed by atoms with van der Waals surface area (Å²) in [6.45, 7) is 1.33. The first-order chi connectivity index (χ1) is 8.38. The van der Waals surface area contributed by atoms with E-state index in [0.717, 1.165) is 24.2 Å². The number of alkyl halides is 3. The molecule has 1 aliphatic carbocycles. The zero-order valence-electron chi connectivity index (χ0n) is 10.5. The van der Waals surface area contributed by atoms with Gasteiger partial charge in [0.05, 0.1) is 6.04 Å². The van der Waals surface area contributed by atoms with Gasteiger partial charge in [0, 0.05) is 6.04 Å². The maximum absolute atomic E-state index is 12.6. The predicted molar refractivity (Wildman–Crippen MR) is 61.0 cm³/mol. The van der Waals surface area contributed by atoms with Crippen LogP contribution in [0.3, 0.4) is 0 Å². The number of carbonyl (C=O) groups is 1. The van der Waals surface area contributed by atoms with Crippen LogP contribution in [0.4, 0.5) is 13.2 Å². The first kappa shape index (κ1) is 13.6. The van der Waals surface area contributed by atoms with E-state index >= 15 is 0 Å². The van der Waals surface area contributed by atoms with Crippen LogP contribution in [0.25, 0.3) is 0 Å². The molecule has 18 heavy (non-hydrogen) atoms. The number of hydrogen-bond donors (Lipinski definition) is 1. The van der Waals surface area contributed by atoms with Crippen molar-refractivity contribution in [3.63, 3.8) is 0 Å². The van der Waals surface area contributed by atoms with Gasteiger partial charge in [-0.1, -0.05) is 0 Å². The van der Waals surface area contributed by atoms with Gasteiger partial charge >= 0.3 is 6.18 Å². The Morgan fingerprint density at radius 3 is 2.50 bits per heavy atom. The fourth-order valence-corrected chi connectivity index (χ4v) is 2.54. The Hall–Kier alpha value is -0.780. The highest BCUT2D eigenvalue weighted by Crippen LogP contribution is 2.36. The zero-order valence-corrected chi connectivity index (χ0v) is 10.5. The van der Waals surface area contributed by atoms with Crippen molar-refractivity contribution in [3.8, 4) is 0 Å². The van der Waals surface area contributed by atoms with Crippen molar-refractivity contribution in [2.24, 2.45) is 5.92 Å². The third-order valence-corrected chi connectivity index (χ3v) is 3.79. The molecule has 2 fully saturated rings. The highest BCUT2D eigenvalue weighted by Gasteiger charge is 2.42. The van der Waals surface area contributed by atoms with E-state index in [1.54, 1.807) is 6.92 Å². The number of hydrogen-bond acceptors (Lipinski definition) is 2. The minimum Gasteiger partial charge on any atom is -0.329 e. The first-order valence-corrected chi connectivity index (χ1v) is 6.49. The van der Waals surface area contributed by atoms with E-state index < -0.39 is 18.8 Å². The van der Waals surface area contributed by atoms with Gasteiger partial charge in [-0.3, -0.25) is 4.79 Å². The molecule has 1 N–H and O–H groups in total. The normalized spacial score (nSPS) is 26.1. The lowest BCUT2D eigenvalue weighted by Gasteiger charge is -2.32. The van der Waals surface area contributed by atoms with E-state index in [1.165, 1.54) is 0 Å². The van der Waals surface area contributed by atoms with Gasteiger partial charge in [0.25, 0.3) is 0 Å². The van der Waals surface area contributed by atoms with Crippen molar-refractivity contribution in [1.82, 2.24) is 10.2 Å².